The minimum Gasteiger partial charge on any atom is -0.493 e. The molecule has 0 bridgehead atoms. The third-order valence-electron chi connectivity index (χ3n) is 4.96. The van der Waals surface area contributed by atoms with Crippen LogP contribution in [0, 0.1) is 0 Å². The second-order valence-electron chi connectivity index (χ2n) is 7.41. The first-order valence-electron chi connectivity index (χ1n) is 10.7. The van der Waals surface area contributed by atoms with Crippen molar-refractivity contribution in [2.75, 3.05) is 33.1 Å². The van der Waals surface area contributed by atoms with Gasteiger partial charge in [-0.1, -0.05) is 24.3 Å². The van der Waals surface area contributed by atoms with E-state index in [1.54, 1.807) is 20.5 Å². The number of ether oxygens (including phenoxy) is 2. The number of methoxy groups -OCH3 is 2. The monoisotopic (exact) mass is 564 g/mol. The average Bonchev–Trinajstić information content (AvgIpc) is 3.31. The zero-order chi connectivity index (χ0) is 22.8. The van der Waals surface area contributed by atoms with Gasteiger partial charge in [0.2, 0.25) is 0 Å². The van der Waals surface area contributed by atoms with Crippen LogP contribution in [0.3, 0.4) is 0 Å². The van der Waals surface area contributed by atoms with Crippen molar-refractivity contribution < 1.29 is 13.9 Å². The molecule has 0 aliphatic heterocycles. The topological polar surface area (TPSA) is 71.3 Å². The number of aliphatic imine (C=N–C) groups is 1. The van der Waals surface area contributed by atoms with E-state index in [1.165, 1.54) is 11.1 Å². The lowest BCUT2D eigenvalue weighted by molar-refractivity contribution is 0.287. The van der Waals surface area contributed by atoms with Gasteiger partial charge in [-0.25, -0.2) is 4.99 Å². The molecule has 0 fully saturated rings. The number of nitrogens with zero attached hydrogens (tertiary/aromatic N) is 2. The highest BCUT2D eigenvalue weighted by Crippen LogP contribution is 2.29. The summed E-state index contributed by atoms with van der Waals surface area (Å²) in [4.78, 5) is 7.04. The minimum absolute atomic E-state index is 0. The lowest BCUT2D eigenvalue weighted by Crippen LogP contribution is -2.30. The van der Waals surface area contributed by atoms with Gasteiger partial charge < -0.3 is 24.5 Å². The van der Waals surface area contributed by atoms with Crippen LogP contribution < -0.4 is 20.1 Å². The van der Waals surface area contributed by atoms with Crippen molar-refractivity contribution >= 4 is 35.6 Å². The van der Waals surface area contributed by atoms with Gasteiger partial charge in [0.25, 0.3) is 0 Å². The van der Waals surface area contributed by atoms with Crippen LogP contribution in [-0.4, -0.2) is 38.7 Å². The van der Waals surface area contributed by atoms with Crippen molar-refractivity contribution in [2.45, 2.75) is 26.6 Å². The van der Waals surface area contributed by atoms with E-state index in [0.717, 1.165) is 31.1 Å². The predicted octanol–water partition coefficient (Wildman–Crippen LogP) is 5.12. The Balaban J connectivity index is 0.00000385. The highest BCUT2D eigenvalue weighted by atomic mass is 127. The second-order valence-corrected chi connectivity index (χ2v) is 7.41. The predicted molar refractivity (Wildman–Crippen MR) is 144 cm³/mol. The molecule has 33 heavy (non-hydrogen) atoms. The van der Waals surface area contributed by atoms with Gasteiger partial charge in [0.1, 0.15) is 5.76 Å². The van der Waals surface area contributed by atoms with Gasteiger partial charge in [0.05, 0.1) is 33.6 Å². The average molecular weight is 564 g/mol. The Morgan fingerprint density at radius 2 is 1.73 bits per heavy atom. The van der Waals surface area contributed by atoms with E-state index < -0.39 is 0 Å². The molecule has 0 saturated heterocycles. The van der Waals surface area contributed by atoms with Crippen molar-refractivity contribution in [3.8, 4) is 11.5 Å². The third-order valence-corrected chi connectivity index (χ3v) is 4.96. The Morgan fingerprint density at radius 3 is 2.39 bits per heavy atom. The van der Waals surface area contributed by atoms with Gasteiger partial charge in [0, 0.05) is 24.8 Å². The van der Waals surface area contributed by atoms with E-state index >= 15 is 0 Å². The fraction of sp³-hybridized carbons (Fsp3) is 0.320. The normalized spacial score (nSPS) is 11.1. The summed E-state index contributed by atoms with van der Waals surface area (Å²) in [5.41, 5.74) is 3.30. The van der Waals surface area contributed by atoms with Crippen LogP contribution in [0.15, 0.2) is 70.3 Å². The maximum atomic E-state index is 5.47. The Hall–Kier alpha value is -2.72. The molecule has 8 heteroatoms. The number of halogens is 1. The Kier molecular flexibility index (Phi) is 11.0. The number of guanidine groups is 1. The molecule has 0 spiro atoms. The molecule has 7 nitrogen and oxygen atoms in total. The van der Waals surface area contributed by atoms with Gasteiger partial charge in [-0.3, -0.25) is 4.90 Å². The first-order valence-corrected chi connectivity index (χ1v) is 10.7. The summed E-state index contributed by atoms with van der Waals surface area (Å²) < 4.78 is 16.2. The molecule has 0 aliphatic rings. The molecule has 178 valence electrons. The van der Waals surface area contributed by atoms with E-state index in [-0.39, 0.29) is 24.0 Å². The van der Waals surface area contributed by atoms with E-state index in [9.17, 15) is 0 Å². The fourth-order valence-corrected chi connectivity index (χ4v) is 3.40. The van der Waals surface area contributed by atoms with Gasteiger partial charge in [-0.05, 0) is 49.4 Å². The van der Waals surface area contributed by atoms with Crippen molar-refractivity contribution in [1.29, 1.82) is 0 Å². The molecule has 2 N–H and O–H groups in total. The summed E-state index contributed by atoms with van der Waals surface area (Å²) in [5.74, 6) is 3.01. The zero-order valence-electron chi connectivity index (χ0n) is 19.6. The van der Waals surface area contributed by atoms with Crippen molar-refractivity contribution in [3.63, 3.8) is 0 Å². The van der Waals surface area contributed by atoms with Crippen molar-refractivity contribution in [1.82, 2.24) is 10.2 Å². The Bertz CT molecular complexity index is 1010. The van der Waals surface area contributed by atoms with Crippen LogP contribution in [0.25, 0.3) is 0 Å². The molecule has 3 aromatic rings. The fourth-order valence-electron chi connectivity index (χ4n) is 3.40. The number of rotatable bonds is 10. The lowest BCUT2D eigenvalue weighted by atomic mass is 10.1. The summed E-state index contributed by atoms with van der Waals surface area (Å²) in [6.07, 6.45) is 1.71. The lowest BCUT2D eigenvalue weighted by Gasteiger charge is -2.18. The van der Waals surface area contributed by atoms with E-state index in [1.807, 2.05) is 37.3 Å². The standard InChI is InChI=1S/C25H32N4O3.HI/c1-5-26-25(28-21-12-13-23(30-3)24(15-21)31-4)27-16-19-9-6-7-10-20(19)17-29(2)18-22-11-8-14-32-22;/h6-15H,5,16-18H2,1-4H3,(H2,26,27,28);1H. The van der Waals surface area contributed by atoms with Crippen molar-refractivity contribution in [3.05, 3.63) is 77.7 Å². The summed E-state index contributed by atoms with van der Waals surface area (Å²) in [5, 5.41) is 6.65. The molecule has 1 heterocycles. The van der Waals surface area contributed by atoms with Gasteiger partial charge in [-0.2, -0.15) is 0 Å². The maximum Gasteiger partial charge on any atom is 0.196 e. The van der Waals surface area contributed by atoms with Crippen LogP contribution in [0.2, 0.25) is 0 Å². The summed E-state index contributed by atoms with van der Waals surface area (Å²) >= 11 is 0. The van der Waals surface area contributed by atoms with Crippen LogP contribution in [0.4, 0.5) is 5.69 Å². The van der Waals surface area contributed by atoms with Crippen LogP contribution in [-0.2, 0) is 19.6 Å². The molecule has 0 amide bonds. The smallest absolute Gasteiger partial charge is 0.196 e. The number of nitrogens with one attached hydrogen (secondary N) is 2. The number of hydrogen-bond donors (Lipinski definition) is 2. The first-order chi connectivity index (χ1) is 15.6. The van der Waals surface area contributed by atoms with E-state index in [4.69, 9.17) is 18.9 Å². The van der Waals surface area contributed by atoms with Crippen LogP contribution in [0.1, 0.15) is 23.8 Å². The van der Waals surface area contributed by atoms with Gasteiger partial charge in [0.15, 0.2) is 17.5 Å². The SMILES string of the molecule is CCNC(=NCc1ccccc1CN(C)Cc1ccco1)Nc1ccc(OC)c(OC)c1.I. The first kappa shape index (κ1) is 26.5. The quantitative estimate of drug-likeness (QED) is 0.202. The summed E-state index contributed by atoms with van der Waals surface area (Å²) in [6, 6.07) is 18.0. The molecule has 3 rings (SSSR count). The molecule has 0 atom stereocenters. The number of anilines is 1. The molecule has 0 radical (unpaired) electrons. The number of benzene rings is 2. The molecular weight excluding hydrogens is 531 g/mol. The summed E-state index contributed by atoms with van der Waals surface area (Å²) in [6.45, 7) is 4.93. The number of furan rings is 1. The van der Waals surface area contributed by atoms with Crippen LogP contribution in [0.5, 0.6) is 11.5 Å². The molecule has 0 saturated carbocycles. The largest absolute Gasteiger partial charge is 0.493 e. The van der Waals surface area contributed by atoms with Crippen molar-refractivity contribution in [2.24, 2.45) is 4.99 Å². The van der Waals surface area contributed by atoms with Gasteiger partial charge >= 0.3 is 0 Å². The third kappa shape index (κ3) is 7.97. The molecule has 1 aromatic heterocycles. The van der Waals surface area contributed by atoms with Crippen LogP contribution >= 0.6 is 24.0 Å². The molecule has 0 unspecified atom stereocenters. The molecule has 0 aliphatic carbocycles. The molecule has 2 aromatic carbocycles. The molecular formula is C25H33IN4O3. The number of hydrogen-bond acceptors (Lipinski definition) is 5. The maximum absolute atomic E-state index is 5.47. The second kappa shape index (κ2) is 13.7. The zero-order valence-corrected chi connectivity index (χ0v) is 22.0. The van der Waals surface area contributed by atoms with Gasteiger partial charge in [-0.15, -0.1) is 24.0 Å². The van der Waals surface area contributed by atoms with E-state index in [2.05, 4.69) is 46.8 Å². The van der Waals surface area contributed by atoms with E-state index in [0.29, 0.717) is 24.0 Å². The minimum atomic E-state index is 0. The Morgan fingerprint density at radius 1 is 0.970 bits per heavy atom. The summed E-state index contributed by atoms with van der Waals surface area (Å²) in [7, 11) is 5.34. The highest BCUT2D eigenvalue weighted by molar-refractivity contribution is 14.0. The Labute approximate surface area is 213 Å². The highest BCUT2D eigenvalue weighted by Gasteiger charge is 2.09.